The van der Waals surface area contributed by atoms with Crippen LogP contribution in [0.4, 0.5) is 11.4 Å². The molecule has 2 atom stereocenters. The Hall–Kier alpha value is -4.52. The molecule has 2 N–H and O–H groups in total. The molecule has 6 nitrogen and oxygen atoms in total. The zero-order valence-electron chi connectivity index (χ0n) is 24.7. The SMILES string of the molecule is CN(C)c1c2cccc(O)c2c(C2C([O-])C(c3c4cccc5c4c4c6c(cccc36)CCN4CC5)C2[O-])c2c(O)cccc12. The van der Waals surface area contributed by atoms with Crippen molar-refractivity contribution in [2.24, 2.45) is 0 Å². The fraction of sp³-hybridized carbons (Fsp3) is 0.263. The van der Waals surface area contributed by atoms with Gasteiger partial charge >= 0.3 is 0 Å². The van der Waals surface area contributed by atoms with Crippen molar-refractivity contribution in [1.29, 1.82) is 0 Å². The molecule has 9 rings (SSSR count). The van der Waals surface area contributed by atoms with E-state index >= 15 is 0 Å². The number of rotatable bonds is 3. The van der Waals surface area contributed by atoms with Crippen molar-refractivity contribution in [2.45, 2.75) is 36.9 Å². The standard InChI is InChI=1S/C38H32N2O4/c1-39(2)35-23-11-5-13-25(41)30(23)32(31-24(35)12-6-14-26(31)42)34-37(43)33(38(34)44)29-21-9-3-7-19-15-17-40-18-16-20-8-4-10-22(29)28(20)36(40)27(19)21/h3-14,33-34,37-38,41-42H,15-18H2,1-2H3/q-2. The molecular weight excluding hydrogens is 548 g/mol. The van der Waals surface area contributed by atoms with E-state index in [1.165, 1.54) is 27.6 Å². The highest BCUT2D eigenvalue weighted by Gasteiger charge is 2.43. The summed E-state index contributed by atoms with van der Waals surface area (Å²) in [6, 6.07) is 23.3. The Labute approximate surface area is 255 Å². The number of nitrogens with zero attached hydrogens (tertiary/aromatic N) is 2. The van der Waals surface area contributed by atoms with Gasteiger partial charge in [-0.15, -0.1) is 12.2 Å². The summed E-state index contributed by atoms with van der Waals surface area (Å²) < 4.78 is 0. The highest BCUT2D eigenvalue weighted by molar-refractivity contribution is 6.19. The fourth-order valence-electron chi connectivity index (χ4n) is 8.88. The minimum atomic E-state index is -1.25. The van der Waals surface area contributed by atoms with Crippen LogP contribution in [0.2, 0.25) is 0 Å². The number of benzene rings is 6. The van der Waals surface area contributed by atoms with Crippen molar-refractivity contribution in [3.63, 3.8) is 0 Å². The summed E-state index contributed by atoms with van der Waals surface area (Å²) >= 11 is 0. The lowest BCUT2D eigenvalue weighted by atomic mass is 9.60. The van der Waals surface area contributed by atoms with Crippen molar-refractivity contribution >= 4 is 54.5 Å². The van der Waals surface area contributed by atoms with Crippen LogP contribution in [0, 0.1) is 0 Å². The van der Waals surface area contributed by atoms with Gasteiger partial charge in [0.15, 0.2) is 0 Å². The molecule has 6 heteroatoms. The van der Waals surface area contributed by atoms with E-state index in [-0.39, 0.29) is 11.5 Å². The predicted molar refractivity (Wildman–Crippen MR) is 173 cm³/mol. The molecule has 0 saturated heterocycles. The van der Waals surface area contributed by atoms with Crippen molar-refractivity contribution in [3.05, 3.63) is 95.1 Å². The first-order valence-electron chi connectivity index (χ1n) is 15.5. The van der Waals surface area contributed by atoms with Gasteiger partial charge in [-0.1, -0.05) is 60.7 Å². The molecule has 44 heavy (non-hydrogen) atoms. The minimum Gasteiger partial charge on any atom is -0.851 e. The second-order valence-corrected chi connectivity index (χ2v) is 13.0. The van der Waals surface area contributed by atoms with Gasteiger partial charge in [-0.2, -0.15) is 0 Å². The van der Waals surface area contributed by atoms with Crippen molar-refractivity contribution in [3.8, 4) is 11.5 Å². The molecule has 2 aliphatic heterocycles. The number of fused-ring (bicyclic) bond motifs is 2. The van der Waals surface area contributed by atoms with Crippen molar-refractivity contribution in [1.82, 2.24) is 0 Å². The van der Waals surface area contributed by atoms with E-state index in [1.807, 2.05) is 31.1 Å². The number of phenolic OH excluding ortho intramolecular Hbond substituents is 2. The molecule has 3 aliphatic rings. The molecule has 220 valence electrons. The average molecular weight is 581 g/mol. The van der Waals surface area contributed by atoms with Gasteiger partial charge in [0, 0.05) is 59.5 Å². The molecule has 2 unspecified atom stereocenters. The van der Waals surface area contributed by atoms with Gasteiger partial charge < -0.3 is 30.2 Å². The maximum atomic E-state index is 14.7. The number of hydrogen-bond acceptors (Lipinski definition) is 6. The molecule has 0 bridgehead atoms. The van der Waals surface area contributed by atoms with E-state index in [0.29, 0.717) is 16.3 Å². The highest BCUT2D eigenvalue weighted by atomic mass is 16.3. The Morgan fingerprint density at radius 3 is 1.57 bits per heavy atom. The van der Waals surface area contributed by atoms with Gasteiger partial charge in [-0.05, 0) is 69.8 Å². The fourth-order valence-corrected chi connectivity index (χ4v) is 8.88. The molecule has 1 saturated carbocycles. The van der Waals surface area contributed by atoms with Crippen LogP contribution in [-0.4, -0.2) is 49.6 Å². The molecule has 6 aromatic carbocycles. The first-order valence-corrected chi connectivity index (χ1v) is 15.5. The molecule has 1 fully saturated rings. The second kappa shape index (κ2) is 9.00. The summed E-state index contributed by atoms with van der Waals surface area (Å²) in [6.45, 7) is 1.95. The average Bonchev–Trinajstić information content (AvgIpc) is 3.02. The zero-order chi connectivity index (χ0) is 30.0. The zero-order valence-corrected chi connectivity index (χ0v) is 24.7. The van der Waals surface area contributed by atoms with Gasteiger partial charge in [-0.3, -0.25) is 0 Å². The lowest BCUT2D eigenvalue weighted by molar-refractivity contribution is -0.535. The summed E-state index contributed by atoms with van der Waals surface area (Å²) in [7, 11) is 3.84. The highest BCUT2D eigenvalue weighted by Crippen LogP contribution is 2.57. The van der Waals surface area contributed by atoms with E-state index in [4.69, 9.17) is 0 Å². The van der Waals surface area contributed by atoms with Crippen molar-refractivity contribution in [2.75, 3.05) is 37.0 Å². The third-order valence-electron chi connectivity index (χ3n) is 10.6. The third-order valence-corrected chi connectivity index (χ3v) is 10.6. The molecule has 6 aromatic rings. The maximum absolute atomic E-state index is 14.7. The monoisotopic (exact) mass is 580 g/mol. The predicted octanol–water partition coefficient (Wildman–Crippen LogP) is 5.03. The Bertz CT molecular complexity index is 2060. The lowest BCUT2D eigenvalue weighted by Gasteiger charge is -2.62. The van der Waals surface area contributed by atoms with Crippen LogP contribution >= 0.6 is 0 Å². The van der Waals surface area contributed by atoms with Gasteiger partial charge in [0.2, 0.25) is 0 Å². The summed E-state index contributed by atoms with van der Waals surface area (Å²) in [5.74, 6) is -1.68. The Kier molecular flexibility index (Phi) is 5.31. The smallest absolute Gasteiger partial charge is 0.123 e. The first-order chi connectivity index (χ1) is 21.4. The Morgan fingerprint density at radius 1 is 0.614 bits per heavy atom. The van der Waals surface area contributed by atoms with E-state index in [9.17, 15) is 20.4 Å². The molecule has 0 spiro atoms. The number of anilines is 2. The van der Waals surface area contributed by atoms with Gasteiger partial charge in [-0.25, -0.2) is 0 Å². The van der Waals surface area contributed by atoms with Crippen LogP contribution in [0.5, 0.6) is 11.5 Å². The quantitative estimate of drug-likeness (QED) is 0.285. The van der Waals surface area contributed by atoms with Crippen LogP contribution in [0.25, 0.3) is 43.1 Å². The normalized spacial score (nSPS) is 22.3. The minimum absolute atomic E-state index is 0.00696. The van der Waals surface area contributed by atoms with E-state index < -0.39 is 24.0 Å². The van der Waals surface area contributed by atoms with Gasteiger partial charge in [0.05, 0.1) is 11.4 Å². The summed E-state index contributed by atoms with van der Waals surface area (Å²) in [6.07, 6.45) is -0.609. The molecule has 2 heterocycles. The third kappa shape index (κ3) is 3.17. The summed E-state index contributed by atoms with van der Waals surface area (Å²) in [4.78, 5) is 4.43. The maximum Gasteiger partial charge on any atom is 0.123 e. The first kappa shape index (κ1) is 25.9. The topological polar surface area (TPSA) is 93.1 Å². The van der Waals surface area contributed by atoms with Crippen LogP contribution < -0.4 is 20.0 Å². The van der Waals surface area contributed by atoms with Gasteiger partial charge in [0.25, 0.3) is 0 Å². The van der Waals surface area contributed by atoms with Crippen LogP contribution in [0.1, 0.15) is 34.1 Å². The van der Waals surface area contributed by atoms with E-state index in [2.05, 4.69) is 41.3 Å². The molecule has 1 aliphatic carbocycles. The summed E-state index contributed by atoms with van der Waals surface area (Å²) in [5.41, 5.74) is 5.98. The van der Waals surface area contributed by atoms with Crippen LogP contribution in [0.15, 0.2) is 72.8 Å². The summed E-state index contributed by atoms with van der Waals surface area (Å²) in [5, 5.41) is 58.8. The number of phenols is 2. The van der Waals surface area contributed by atoms with Crippen LogP contribution in [-0.2, 0) is 12.8 Å². The van der Waals surface area contributed by atoms with E-state index in [0.717, 1.165) is 58.7 Å². The van der Waals surface area contributed by atoms with Gasteiger partial charge in [0.1, 0.15) is 11.5 Å². The largest absolute Gasteiger partial charge is 0.851 e. The molecule has 0 aromatic heterocycles. The van der Waals surface area contributed by atoms with Crippen LogP contribution in [0.3, 0.4) is 0 Å². The molecular formula is C38H32N2O4-2. The Balaban J connectivity index is 1.32. The number of hydrogen-bond donors (Lipinski definition) is 2. The number of aromatic hydroxyl groups is 2. The Morgan fingerprint density at radius 2 is 1.07 bits per heavy atom. The molecule has 0 radical (unpaired) electrons. The second-order valence-electron chi connectivity index (χ2n) is 13.0. The lowest BCUT2D eigenvalue weighted by Crippen LogP contribution is -2.63. The van der Waals surface area contributed by atoms with E-state index in [1.54, 1.807) is 24.3 Å². The van der Waals surface area contributed by atoms with Crippen molar-refractivity contribution < 1.29 is 20.4 Å². The molecule has 0 amide bonds.